The molecule has 1 aliphatic rings. The standard InChI is InChI=1S/C18H20N4OS/c23-16-10-11-19-18-22(16)21-17(24-18)20-15-9-5-4-8-14(15)12-13-6-2-1-3-7-13/h1-3,6-7,10-11,14-15H,4-5,8-9,12H2,(H,20,21)/t14-,15-/m0/s1. The summed E-state index contributed by atoms with van der Waals surface area (Å²) in [5, 5.41) is 8.76. The van der Waals surface area contributed by atoms with Crippen LogP contribution in [-0.4, -0.2) is 20.6 Å². The number of hydrogen-bond acceptors (Lipinski definition) is 5. The van der Waals surface area contributed by atoms with Crippen molar-refractivity contribution in [1.82, 2.24) is 14.6 Å². The lowest BCUT2D eigenvalue weighted by Gasteiger charge is -2.32. The third-order valence-electron chi connectivity index (χ3n) is 4.73. The van der Waals surface area contributed by atoms with Crippen molar-refractivity contribution in [3.63, 3.8) is 0 Å². The van der Waals surface area contributed by atoms with Crippen LogP contribution in [0.5, 0.6) is 0 Å². The lowest BCUT2D eigenvalue weighted by atomic mass is 9.81. The highest BCUT2D eigenvalue weighted by Gasteiger charge is 2.26. The molecule has 124 valence electrons. The first-order valence-corrected chi connectivity index (χ1v) is 9.26. The van der Waals surface area contributed by atoms with Crippen molar-refractivity contribution in [2.75, 3.05) is 5.32 Å². The van der Waals surface area contributed by atoms with E-state index in [1.54, 1.807) is 6.20 Å². The zero-order chi connectivity index (χ0) is 16.4. The average Bonchev–Trinajstić information content (AvgIpc) is 3.02. The van der Waals surface area contributed by atoms with E-state index in [0.29, 0.717) is 16.9 Å². The van der Waals surface area contributed by atoms with Crippen molar-refractivity contribution in [1.29, 1.82) is 0 Å². The van der Waals surface area contributed by atoms with Crippen LogP contribution < -0.4 is 10.9 Å². The fourth-order valence-electron chi connectivity index (χ4n) is 3.52. The van der Waals surface area contributed by atoms with Crippen LogP contribution in [-0.2, 0) is 6.42 Å². The number of benzene rings is 1. The van der Waals surface area contributed by atoms with Crippen LogP contribution in [0, 0.1) is 5.92 Å². The Bertz CT molecular complexity index is 873. The van der Waals surface area contributed by atoms with E-state index in [1.165, 1.54) is 46.7 Å². The van der Waals surface area contributed by atoms with E-state index in [-0.39, 0.29) is 5.56 Å². The van der Waals surface area contributed by atoms with E-state index in [0.717, 1.165) is 18.0 Å². The average molecular weight is 340 g/mol. The van der Waals surface area contributed by atoms with Crippen LogP contribution >= 0.6 is 11.3 Å². The molecule has 0 spiro atoms. The first kappa shape index (κ1) is 15.3. The second-order valence-corrected chi connectivity index (χ2v) is 7.33. The van der Waals surface area contributed by atoms with Crippen LogP contribution in [0.3, 0.4) is 0 Å². The van der Waals surface area contributed by atoms with Gasteiger partial charge in [0.15, 0.2) is 0 Å². The molecule has 5 nitrogen and oxygen atoms in total. The Labute approximate surface area is 144 Å². The van der Waals surface area contributed by atoms with Crippen molar-refractivity contribution < 1.29 is 0 Å². The van der Waals surface area contributed by atoms with Gasteiger partial charge in [-0.15, -0.1) is 5.10 Å². The van der Waals surface area contributed by atoms with Gasteiger partial charge in [-0.25, -0.2) is 4.98 Å². The highest BCUT2D eigenvalue weighted by Crippen LogP contribution is 2.30. The third kappa shape index (κ3) is 3.19. The van der Waals surface area contributed by atoms with Crippen LogP contribution in [0.1, 0.15) is 31.2 Å². The first-order valence-electron chi connectivity index (χ1n) is 8.45. The van der Waals surface area contributed by atoms with Crippen LogP contribution in [0.15, 0.2) is 47.4 Å². The second-order valence-electron chi connectivity index (χ2n) is 6.37. The Morgan fingerprint density at radius 3 is 2.83 bits per heavy atom. The molecule has 0 aliphatic heterocycles. The molecule has 1 saturated carbocycles. The molecule has 0 bridgehead atoms. The summed E-state index contributed by atoms with van der Waals surface area (Å²) in [5.74, 6) is 0.595. The van der Waals surface area contributed by atoms with Gasteiger partial charge in [0.05, 0.1) is 0 Å². The van der Waals surface area contributed by atoms with Crippen LogP contribution in [0.4, 0.5) is 5.13 Å². The molecular weight excluding hydrogens is 320 g/mol. The molecule has 6 heteroatoms. The van der Waals surface area contributed by atoms with Gasteiger partial charge in [0.1, 0.15) is 0 Å². The minimum Gasteiger partial charge on any atom is -0.357 e. The number of anilines is 1. The summed E-state index contributed by atoms with van der Waals surface area (Å²) in [7, 11) is 0. The van der Waals surface area contributed by atoms with Gasteiger partial charge in [0.2, 0.25) is 10.1 Å². The van der Waals surface area contributed by atoms with E-state index in [9.17, 15) is 4.79 Å². The van der Waals surface area contributed by atoms with Crippen LogP contribution in [0.2, 0.25) is 0 Å². The summed E-state index contributed by atoms with van der Waals surface area (Å²) in [6.07, 6.45) is 7.54. The number of hydrogen-bond donors (Lipinski definition) is 1. The SMILES string of the molecule is O=c1ccnc2sc(N[C@H]3CCCC[C@H]3Cc3ccccc3)nn12. The van der Waals surface area contributed by atoms with Gasteiger partial charge in [-0.1, -0.05) is 54.5 Å². The van der Waals surface area contributed by atoms with Gasteiger partial charge in [0, 0.05) is 18.3 Å². The molecule has 1 N–H and O–H groups in total. The van der Waals surface area contributed by atoms with Crippen LogP contribution in [0.25, 0.3) is 4.96 Å². The molecule has 0 radical (unpaired) electrons. The topological polar surface area (TPSA) is 59.3 Å². The van der Waals surface area contributed by atoms with Crippen molar-refractivity contribution in [2.45, 2.75) is 38.1 Å². The zero-order valence-electron chi connectivity index (χ0n) is 13.4. The molecular formula is C18H20N4OS. The van der Waals surface area contributed by atoms with E-state index in [1.807, 2.05) is 0 Å². The summed E-state index contributed by atoms with van der Waals surface area (Å²) in [5.41, 5.74) is 1.26. The Morgan fingerprint density at radius 1 is 1.17 bits per heavy atom. The lowest BCUT2D eigenvalue weighted by Crippen LogP contribution is -2.33. The first-order chi connectivity index (χ1) is 11.8. The van der Waals surface area contributed by atoms with Gasteiger partial charge < -0.3 is 5.32 Å². The molecule has 2 aromatic heterocycles. The van der Waals surface area contributed by atoms with E-state index >= 15 is 0 Å². The van der Waals surface area contributed by atoms with Gasteiger partial charge in [-0.2, -0.15) is 4.52 Å². The third-order valence-corrected chi connectivity index (χ3v) is 5.58. The van der Waals surface area contributed by atoms with E-state index in [2.05, 4.69) is 45.7 Å². The molecule has 2 heterocycles. The van der Waals surface area contributed by atoms with Crippen molar-refractivity contribution in [3.05, 3.63) is 58.5 Å². The number of rotatable bonds is 4. The highest BCUT2D eigenvalue weighted by atomic mass is 32.1. The molecule has 3 aromatic rings. The molecule has 0 unspecified atom stereocenters. The predicted molar refractivity (Wildman–Crippen MR) is 96.6 cm³/mol. The molecule has 24 heavy (non-hydrogen) atoms. The maximum Gasteiger partial charge on any atom is 0.275 e. The molecule has 0 saturated heterocycles. The van der Waals surface area contributed by atoms with E-state index < -0.39 is 0 Å². The molecule has 2 atom stereocenters. The Balaban J connectivity index is 1.54. The molecule has 1 fully saturated rings. The minimum atomic E-state index is -0.131. The van der Waals surface area contributed by atoms with Crippen molar-refractivity contribution >= 4 is 21.4 Å². The summed E-state index contributed by atoms with van der Waals surface area (Å²) in [6.45, 7) is 0. The highest BCUT2D eigenvalue weighted by molar-refractivity contribution is 7.20. The summed E-state index contributed by atoms with van der Waals surface area (Å²) >= 11 is 1.44. The summed E-state index contributed by atoms with van der Waals surface area (Å²) in [4.78, 5) is 16.7. The predicted octanol–water partition coefficient (Wildman–Crippen LogP) is 3.36. The molecule has 1 aromatic carbocycles. The number of nitrogens with one attached hydrogen (secondary N) is 1. The van der Waals surface area contributed by atoms with Crippen molar-refractivity contribution in [3.8, 4) is 0 Å². The Kier molecular flexibility index (Phi) is 4.30. The summed E-state index contributed by atoms with van der Waals surface area (Å²) < 4.78 is 1.38. The van der Waals surface area contributed by atoms with Gasteiger partial charge in [-0.05, 0) is 30.7 Å². The van der Waals surface area contributed by atoms with E-state index in [4.69, 9.17) is 0 Å². The largest absolute Gasteiger partial charge is 0.357 e. The minimum absolute atomic E-state index is 0.131. The summed E-state index contributed by atoms with van der Waals surface area (Å²) in [6, 6.07) is 12.5. The lowest BCUT2D eigenvalue weighted by molar-refractivity contribution is 0.323. The Hall–Kier alpha value is -2.21. The molecule has 1 aliphatic carbocycles. The number of nitrogens with zero attached hydrogens (tertiary/aromatic N) is 3. The second kappa shape index (κ2) is 6.73. The van der Waals surface area contributed by atoms with Gasteiger partial charge in [0.25, 0.3) is 5.56 Å². The smallest absolute Gasteiger partial charge is 0.275 e. The number of fused-ring (bicyclic) bond motifs is 1. The maximum absolute atomic E-state index is 11.8. The Morgan fingerprint density at radius 2 is 2.00 bits per heavy atom. The monoisotopic (exact) mass is 340 g/mol. The molecule has 0 amide bonds. The number of aromatic nitrogens is 3. The molecule has 4 rings (SSSR count). The van der Waals surface area contributed by atoms with Gasteiger partial charge >= 0.3 is 0 Å². The quantitative estimate of drug-likeness (QED) is 0.791. The van der Waals surface area contributed by atoms with Gasteiger partial charge in [-0.3, -0.25) is 4.79 Å². The fourth-order valence-corrected chi connectivity index (χ4v) is 4.36. The zero-order valence-corrected chi connectivity index (χ0v) is 14.2. The maximum atomic E-state index is 11.8. The normalized spacial score (nSPS) is 21.0. The van der Waals surface area contributed by atoms with Crippen molar-refractivity contribution in [2.24, 2.45) is 5.92 Å². The fraction of sp³-hybridized carbons (Fsp3) is 0.389.